The van der Waals surface area contributed by atoms with Gasteiger partial charge in [0.15, 0.2) is 0 Å². The molecule has 3 nitrogen and oxygen atoms in total. The van der Waals surface area contributed by atoms with E-state index in [-0.39, 0.29) is 5.91 Å². The summed E-state index contributed by atoms with van der Waals surface area (Å²) in [6, 6.07) is 0. The molecular formula is C11H24N2O. The Bertz CT molecular complexity index is 146. The van der Waals surface area contributed by atoms with Crippen LogP contribution in [-0.4, -0.2) is 25.5 Å². The van der Waals surface area contributed by atoms with E-state index in [1.165, 1.54) is 6.42 Å². The molecule has 0 rings (SSSR count). The first-order valence-corrected chi connectivity index (χ1v) is 5.58. The Balaban J connectivity index is 2.96. The number of nitrogens with one attached hydrogen (secondary N) is 2. The molecule has 0 bridgehead atoms. The second-order valence-corrected chi connectivity index (χ2v) is 4.12. The summed E-state index contributed by atoms with van der Waals surface area (Å²) in [5.74, 6) is 0.847. The van der Waals surface area contributed by atoms with Gasteiger partial charge in [-0.05, 0) is 38.3 Å². The lowest BCUT2D eigenvalue weighted by Crippen LogP contribution is -2.23. The van der Waals surface area contributed by atoms with Gasteiger partial charge in [-0.25, -0.2) is 0 Å². The molecule has 0 saturated carbocycles. The van der Waals surface area contributed by atoms with Crippen LogP contribution in [0, 0.1) is 5.92 Å². The molecule has 0 unspecified atom stereocenters. The van der Waals surface area contributed by atoms with Crippen molar-refractivity contribution in [3.05, 3.63) is 0 Å². The van der Waals surface area contributed by atoms with Crippen LogP contribution in [-0.2, 0) is 4.79 Å². The monoisotopic (exact) mass is 200 g/mol. The maximum Gasteiger partial charge on any atom is 0.216 e. The Hall–Kier alpha value is -0.570. The Morgan fingerprint density at radius 1 is 1.14 bits per heavy atom. The summed E-state index contributed by atoms with van der Waals surface area (Å²) in [6.07, 6.45) is 3.44. The lowest BCUT2D eigenvalue weighted by Gasteiger charge is -2.06. The molecule has 0 aromatic rings. The molecule has 0 saturated heterocycles. The molecule has 0 aromatic carbocycles. The quantitative estimate of drug-likeness (QED) is 0.584. The zero-order valence-electron chi connectivity index (χ0n) is 9.73. The van der Waals surface area contributed by atoms with E-state index >= 15 is 0 Å². The van der Waals surface area contributed by atoms with E-state index in [1.54, 1.807) is 6.92 Å². The summed E-state index contributed by atoms with van der Waals surface area (Å²) in [4.78, 5) is 10.5. The molecule has 0 fully saturated rings. The van der Waals surface area contributed by atoms with E-state index in [1.807, 2.05) is 0 Å². The first-order chi connectivity index (χ1) is 6.63. The molecule has 1 amide bonds. The van der Waals surface area contributed by atoms with Gasteiger partial charge in [0.05, 0.1) is 0 Å². The topological polar surface area (TPSA) is 41.1 Å². The summed E-state index contributed by atoms with van der Waals surface area (Å²) < 4.78 is 0. The third kappa shape index (κ3) is 11.4. The fourth-order valence-electron chi connectivity index (χ4n) is 1.16. The first-order valence-electron chi connectivity index (χ1n) is 5.58. The molecule has 84 valence electrons. The van der Waals surface area contributed by atoms with Crippen LogP contribution in [0.2, 0.25) is 0 Å². The van der Waals surface area contributed by atoms with Crippen molar-refractivity contribution in [3.63, 3.8) is 0 Å². The van der Waals surface area contributed by atoms with Crippen LogP contribution in [0.25, 0.3) is 0 Å². The minimum Gasteiger partial charge on any atom is -0.356 e. The van der Waals surface area contributed by atoms with E-state index in [2.05, 4.69) is 24.5 Å². The van der Waals surface area contributed by atoms with Crippen LogP contribution in [0.15, 0.2) is 0 Å². The van der Waals surface area contributed by atoms with Gasteiger partial charge in [0.1, 0.15) is 0 Å². The van der Waals surface area contributed by atoms with E-state index in [4.69, 9.17) is 0 Å². The van der Waals surface area contributed by atoms with Crippen LogP contribution in [0.3, 0.4) is 0 Å². The zero-order chi connectivity index (χ0) is 10.8. The highest BCUT2D eigenvalue weighted by molar-refractivity contribution is 5.72. The Morgan fingerprint density at radius 3 is 2.36 bits per heavy atom. The molecule has 0 atom stereocenters. The highest BCUT2D eigenvalue weighted by Crippen LogP contribution is 1.96. The molecule has 0 aromatic heterocycles. The van der Waals surface area contributed by atoms with Crippen molar-refractivity contribution >= 4 is 5.91 Å². The van der Waals surface area contributed by atoms with Crippen molar-refractivity contribution < 1.29 is 4.79 Å². The second-order valence-electron chi connectivity index (χ2n) is 4.12. The van der Waals surface area contributed by atoms with Gasteiger partial charge in [-0.2, -0.15) is 0 Å². The smallest absolute Gasteiger partial charge is 0.216 e. The van der Waals surface area contributed by atoms with Crippen molar-refractivity contribution in [1.29, 1.82) is 0 Å². The summed E-state index contributed by atoms with van der Waals surface area (Å²) >= 11 is 0. The number of carbonyl (C=O) groups is 1. The highest BCUT2D eigenvalue weighted by Gasteiger charge is 1.93. The van der Waals surface area contributed by atoms with Crippen LogP contribution in [0.5, 0.6) is 0 Å². The van der Waals surface area contributed by atoms with E-state index < -0.39 is 0 Å². The van der Waals surface area contributed by atoms with Gasteiger partial charge in [-0.3, -0.25) is 4.79 Å². The maximum absolute atomic E-state index is 10.5. The van der Waals surface area contributed by atoms with Gasteiger partial charge >= 0.3 is 0 Å². The van der Waals surface area contributed by atoms with Crippen molar-refractivity contribution in [2.24, 2.45) is 5.92 Å². The third-order valence-corrected chi connectivity index (χ3v) is 2.05. The third-order valence-electron chi connectivity index (χ3n) is 2.05. The molecule has 0 aliphatic heterocycles. The molecule has 0 aliphatic rings. The molecule has 2 N–H and O–H groups in total. The van der Waals surface area contributed by atoms with Crippen molar-refractivity contribution in [2.75, 3.05) is 19.6 Å². The van der Waals surface area contributed by atoms with E-state index in [0.29, 0.717) is 0 Å². The Morgan fingerprint density at radius 2 is 1.79 bits per heavy atom. The Kier molecular flexibility index (Phi) is 8.64. The number of amides is 1. The van der Waals surface area contributed by atoms with Crippen molar-refractivity contribution in [1.82, 2.24) is 10.6 Å². The number of rotatable bonds is 8. The summed E-state index contributed by atoms with van der Waals surface area (Å²) in [7, 11) is 0. The molecule has 14 heavy (non-hydrogen) atoms. The lowest BCUT2D eigenvalue weighted by molar-refractivity contribution is -0.118. The summed E-state index contributed by atoms with van der Waals surface area (Å²) in [6.45, 7) is 9.00. The molecule has 0 heterocycles. The van der Waals surface area contributed by atoms with Crippen LogP contribution in [0.4, 0.5) is 0 Å². The minimum atomic E-state index is 0.0674. The second kappa shape index (κ2) is 9.00. The standard InChI is InChI=1S/C11H24N2O/c1-10(2)6-9-12-7-4-5-8-13-11(3)14/h10,12H,4-9H2,1-3H3,(H,13,14). The van der Waals surface area contributed by atoms with Gasteiger partial charge < -0.3 is 10.6 Å². The number of carbonyl (C=O) groups excluding carboxylic acids is 1. The van der Waals surface area contributed by atoms with Crippen LogP contribution >= 0.6 is 0 Å². The molecule has 0 spiro atoms. The summed E-state index contributed by atoms with van der Waals surface area (Å²) in [5.41, 5.74) is 0. The average Bonchev–Trinajstić information content (AvgIpc) is 2.08. The Labute approximate surface area is 87.6 Å². The molecule has 0 radical (unpaired) electrons. The highest BCUT2D eigenvalue weighted by atomic mass is 16.1. The SMILES string of the molecule is CC(=O)NCCCCNCCC(C)C. The normalized spacial score (nSPS) is 10.6. The fraction of sp³-hybridized carbons (Fsp3) is 0.909. The molecule has 0 aliphatic carbocycles. The van der Waals surface area contributed by atoms with E-state index in [0.717, 1.165) is 38.4 Å². The van der Waals surface area contributed by atoms with Crippen molar-refractivity contribution in [2.45, 2.75) is 40.0 Å². The van der Waals surface area contributed by atoms with E-state index in [9.17, 15) is 4.79 Å². The van der Waals surface area contributed by atoms with Gasteiger partial charge in [-0.15, -0.1) is 0 Å². The lowest BCUT2D eigenvalue weighted by atomic mass is 10.1. The predicted octanol–water partition coefficient (Wildman–Crippen LogP) is 1.54. The summed E-state index contributed by atoms with van der Waals surface area (Å²) in [5, 5.41) is 6.18. The fourth-order valence-corrected chi connectivity index (χ4v) is 1.16. The number of unbranched alkanes of at least 4 members (excludes halogenated alkanes) is 1. The maximum atomic E-state index is 10.5. The zero-order valence-corrected chi connectivity index (χ0v) is 9.73. The first kappa shape index (κ1) is 13.4. The average molecular weight is 200 g/mol. The van der Waals surface area contributed by atoms with Crippen LogP contribution < -0.4 is 10.6 Å². The number of hydrogen-bond donors (Lipinski definition) is 2. The van der Waals surface area contributed by atoms with Gasteiger partial charge in [0, 0.05) is 13.5 Å². The van der Waals surface area contributed by atoms with Gasteiger partial charge in [0.25, 0.3) is 0 Å². The molecule has 3 heteroatoms. The number of hydrogen-bond acceptors (Lipinski definition) is 2. The van der Waals surface area contributed by atoms with Gasteiger partial charge in [0.2, 0.25) is 5.91 Å². The largest absolute Gasteiger partial charge is 0.356 e. The predicted molar refractivity (Wildman–Crippen MR) is 60.2 cm³/mol. The molecular weight excluding hydrogens is 176 g/mol. The van der Waals surface area contributed by atoms with Crippen LogP contribution in [0.1, 0.15) is 40.0 Å². The minimum absolute atomic E-state index is 0.0674. The van der Waals surface area contributed by atoms with Crippen molar-refractivity contribution in [3.8, 4) is 0 Å². The van der Waals surface area contributed by atoms with Gasteiger partial charge in [-0.1, -0.05) is 13.8 Å².